The number of nitrogens with zero attached hydrogens (tertiary/aromatic N) is 1. The molecule has 92 valence electrons. The van der Waals surface area contributed by atoms with Crippen LogP contribution in [0.2, 0.25) is 0 Å². The molecule has 1 aromatic carbocycles. The van der Waals surface area contributed by atoms with Gasteiger partial charge in [-0.2, -0.15) is 0 Å². The summed E-state index contributed by atoms with van der Waals surface area (Å²) in [5.74, 6) is -2.32. The molecule has 0 spiro atoms. The van der Waals surface area contributed by atoms with E-state index in [1.165, 1.54) is 43.0 Å². The summed E-state index contributed by atoms with van der Waals surface area (Å²) in [6.45, 7) is 2.93. The highest BCUT2D eigenvalue weighted by Crippen LogP contribution is 2.16. The van der Waals surface area contributed by atoms with Crippen LogP contribution in [0, 0.1) is 11.7 Å². The first-order chi connectivity index (χ1) is 7.91. The molecule has 1 aromatic rings. The third kappa shape index (κ3) is 3.55. The van der Waals surface area contributed by atoms with E-state index >= 15 is 0 Å². The van der Waals surface area contributed by atoms with Gasteiger partial charge in [-0.1, -0.05) is 6.92 Å². The van der Waals surface area contributed by atoms with E-state index in [9.17, 15) is 14.0 Å². The monoisotopic (exact) mass is 239 g/mol. The summed E-state index contributed by atoms with van der Waals surface area (Å²) in [6.07, 6.45) is 0. The van der Waals surface area contributed by atoms with Gasteiger partial charge in [-0.25, -0.2) is 4.39 Å². The van der Waals surface area contributed by atoms with Gasteiger partial charge < -0.3 is 10.0 Å². The van der Waals surface area contributed by atoms with Crippen LogP contribution < -0.4 is 4.90 Å². The summed E-state index contributed by atoms with van der Waals surface area (Å²) in [5.41, 5.74) is 0.493. The molecule has 1 rings (SSSR count). The largest absolute Gasteiger partial charge is 0.481 e. The maximum Gasteiger partial charge on any atom is 0.308 e. The van der Waals surface area contributed by atoms with E-state index in [0.717, 1.165) is 0 Å². The number of hydrogen-bond donors (Lipinski definition) is 1. The molecular formula is C12H14FNO3. The maximum absolute atomic E-state index is 12.7. The molecule has 1 unspecified atom stereocenters. The van der Waals surface area contributed by atoms with Crippen LogP contribution in [0.4, 0.5) is 10.1 Å². The van der Waals surface area contributed by atoms with Crippen molar-refractivity contribution in [2.45, 2.75) is 13.8 Å². The molecule has 5 heteroatoms. The molecular weight excluding hydrogens is 225 g/mol. The Bertz CT molecular complexity index is 416. The van der Waals surface area contributed by atoms with E-state index in [1.54, 1.807) is 0 Å². The number of carbonyl (C=O) groups is 2. The minimum Gasteiger partial charge on any atom is -0.481 e. The first kappa shape index (κ1) is 13.2. The van der Waals surface area contributed by atoms with Crippen molar-refractivity contribution in [2.75, 3.05) is 11.4 Å². The zero-order valence-corrected chi connectivity index (χ0v) is 9.68. The second-order valence-electron chi connectivity index (χ2n) is 3.85. The number of amides is 1. The van der Waals surface area contributed by atoms with Gasteiger partial charge in [-0.15, -0.1) is 0 Å². The molecule has 0 aliphatic heterocycles. The van der Waals surface area contributed by atoms with Crippen LogP contribution in [0.3, 0.4) is 0 Å². The molecule has 0 bridgehead atoms. The number of aliphatic carboxylic acids is 1. The number of halogens is 1. The number of carboxylic acids is 1. The SMILES string of the molecule is CC(=O)N(CC(C)C(=O)O)c1ccc(F)cc1. The van der Waals surface area contributed by atoms with E-state index in [4.69, 9.17) is 5.11 Å². The predicted molar refractivity (Wildman–Crippen MR) is 61.2 cm³/mol. The molecule has 0 aliphatic rings. The Morgan fingerprint density at radius 1 is 1.35 bits per heavy atom. The maximum atomic E-state index is 12.7. The third-order valence-corrected chi connectivity index (χ3v) is 2.40. The summed E-state index contributed by atoms with van der Waals surface area (Å²) in [7, 11) is 0. The van der Waals surface area contributed by atoms with Crippen LogP contribution >= 0.6 is 0 Å². The van der Waals surface area contributed by atoms with Gasteiger partial charge in [0.1, 0.15) is 5.82 Å². The van der Waals surface area contributed by atoms with Crippen molar-refractivity contribution in [3.05, 3.63) is 30.1 Å². The average Bonchev–Trinajstić information content (AvgIpc) is 2.26. The second kappa shape index (κ2) is 5.43. The van der Waals surface area contributed by atoms with Crippen molar-refractivity contribution in [2.24, 2.45) is 5.92 Å². The summed E-state index contributed by atoms with van der Waals surface area (Å²) in [5, 5.41) is 8.81. The Morgan fingerprint density at radius 2 is 1.88 bits per heavy atom. The molecule has 0 aliphatic carbocycles. The standard InChI is InChI=1S/C12H14FNO3/c1-8(12(16)17)7-14(9(2)15)11-5-3-10(13)4-6-11/h3-6,8H,7H2,1-2H3,(H,16,17). The first-order valence-electron chi connectivity index (χ1n) is 5.18. The number of benzene rings is 1. The van der Waals surface area contributed by atoms with Gasteiger partial charge in [0.2, 0.25) is 5.91 Å². The molecule has 0 fully saturated rings. The van der Waals surface area contributed by atoms with Crippen molar-refractivity contribution in [1.29, 1.82) is 0 Å². The minimum absolute atomic E-state index is 0.0658. The van der Waals surface area contributed by atoms with Crippen LogP contribution in [0.1, 0.15) is 13.8 Å². The fourth-order valence-corrected chi connectivity index (χ4v) is 1.39. The first-order valence-corrected chi connectivity index (χ1v) is 5.18. The van der Waals surface area contributed by atoms with E-state index < -0.39 is 17.7 Å². The normalized spacial score (nSPS) is 11.9. The fraction of sp³-hybridized carbons (Fsp3) is 0.333. The van der Waals surface area contributed by atoms with Gasteiger partial charge in [-0.05, 0) is 24.3 Å². The molecule has 0 heterocycles. The molecule has 4 nitrogen and oxygen atoms in total. The lowest BCUT2D eigenvalue weighted by Crippen LogP contribution is -2.35. The van der Waals surface area contributed by atoms with Crippen LogP contribution in [0.15, 0.2) is 24.3 Å². The van der Waals surface area contributed by atoms with Crippen LogP contribution in [0.5, 0.6) is 0 Å². The summed E-state index contributed by atoms with van der Waals surface area (Å²) in [4.78, 5) is 23.5. The summed E-state index contributed by atoms with van der Waals surface area (Å²) in [6, 6.07) is 5.37. The van der Waals surface area contributed by atoms with E-state index in [0.29, 0.717) is 5.69 Å². The highest BCUT2D eigenvalue weighted by Gasteiger charge is 2.19. The Morgan fingerprint density at radius 3 is 2.29 bits per heavy atom. The van der Waals surface area contributed by atoms with Gasteiger partial charge >= 0.3 is 5.97 Å². The molecule has 0 radical (unpaired) electrons. The van der Waals surface area contributed by atoms with Crippen LogP contribution in [-0.2, 0) is 9.59 Å². The Labute approximate surface area is 98.7 Å². The number of hydrogen-bond acceptors (Lipinski definition) is 2. The van der Waals surface area contributed by atoms with Crippen molar-refractivity contribution >= 4 is 17.6 Å². The Hall–Kier alpha value is -1.91. The lowest BCUT2D eigenvalue weighted by molar-refractivity contribution is -0.140. The second-order valence-corrected chi connectivity index (χ2v) is 3.85. The van der Waals surface area contributed by atoms with Crippen molar-refractivity contribution in [3.8, 4) is 0 Å². The molecule has 1 N–H and O–H groups in total. The number of carbonyl (C=O) groups excluding carboxylic acids is 1. The molecule has 0 saturated heterocycles. The van der Waals surface area contributed by atoms with Crippen molar-refractivity contribution in [1.82, 2.24) is 0 Å². The molecule has 1 amide bonds. The number of rotatable bonds is 4. The Kier molecular flexibility index (Phi) is 4.20. The van der Waals surface area contributed by atoms with Crippen molar-refractivity contribution < 1.29 is 19.1 Å². The zero-order chi connectivity index (χ0) is 13.0. The molecule has 17 heavy (non-hydrogen) atoms. The summed E-state index contributed by atoms with van der Waals surface area (Å²) >= 11 is 0. The highest BCUT2D eigenvalue weighted by molar-refractivity contribution is 5.92. The molecule has 0 aromatic heterocycles. The van der Waals surface area contributed by atoms with Gasteiger partial charge in [0.15, 0.2) is 0 Å². The van der Waals surface area contributed by atoms with E-state index in [1.807, 2.05) is 0 Å². The highest BCUT2D eigenvalue weighted by atomic mass is 19.1. The van der Waals surface area contributed by atoms with Crippen LogP contribution in [-0.4, -0.2) is 23.5 Å². The van der Waals surface area contributed by atoms with Gasteiger partial charge in [0.05, 0.1) is 5.92 Å². The summed E-state index contributed by atoms with van der Waals surface area (Å²) < 4.78 is 12.7. The van der Waals surface area contributed by atoms with Gasteiger partial charge in [0, 0.05) is 19.2 Å². The van der Waals surface area contributed by atoms with E-state index in [2.05, 4.69) is 0 Å². The molecule has 0 saturated carbocycles. The lowest BCUT2D eigenvalue weighted by Gasteiger charge is -2.23. The topological polar surface area (TPSA) is 57.6 Å². The van der Waals surface area contributed by atoms with Crippen LogP contribution in [0.25, 0.3) is 0 Å². The predicted octanol–water partition coefficient (Wildman–Crippen LogP) is 1.90. The van der Waals surface area contributed by atoms with Gasteiger partial charge in [-0.3, -0.25) is 9.59 Å². The zero-order valence-electron chi connectivity index (χ0n) is 9.68. The number of anilines is 1. The quantitative estimate of drug-likeness (QED) is 0.873. The molecule has 1 atom stereocenters. The average molecular weight is 239 g/mol. The number of carboxylic acid groups (broad SMARTS) is 1. The van der Waals surface area contributed by atoms with E-state index in [-0.39, 0.29) is 12.5 Å². The third-order valence-electron chi connectivity index (χ3n) is 2.40. The van der Waals surface area contributed by atoms with Crippen molar-refractivity contribution in [3.63, 3.8) is 0 Å². The smallest absolute Gasteiger partial charge is 0.308 e. The Balaban J connectivity index is 2.90. The minimum atomic E-state index is -0.974. The van der Waals surface area contributed by atoms with Gasteiger partial charge in [0.25, 0.3) is 0 Å². The lowest BCUT2D eigenvalue weighted by atomic mass is 10.1. The fourth-order valence-electron chi connectivity index (χ4n) is 1.39.